The lowest BCUT2D eigenvalue weighted by Crippen LogP contribution is -2.01. The van der Waals surface area contributed by atoms with Gasteiger partial charge in [0.05, 0.1) is 13.2 Å². The molecule has 0 radical (unpaired) electrons. The van der Waals surface area contributed by atoms with Crippen LogP contribution in [0.25, 0.3) is 0 Å². The maximum atomic E-state index is 5.82. The lowest BCUT2D eigenvalue weighted by atomic mass is 10.2. The summed E-state index contributed by atoms with van der Waals surface area (Å²) in [6.07, 6.45) is 8.58. The van der Waals surface area contributed by atoms with E-state index >= 15 is 0 Å². The molecule has 3 heteroatoms. The largest absolute Gasteiger partial charge is 0.494 e. The van der Waals surface area contributed by atoms with E-state index in [1.807, 2.05) is 24.3 Å². The van der Waals surface area contributed by atoms with Crippen molar-refractivity contribution in [2.24, 2.45) is 0 Å². The molecular formula is C24H35NO2. The second-order valence-corrected chi connectivity index (χ2v) is 6.99. The zero-order chi connectivity index (χ0) is 19.2. The predicted octanol–water partition coefficient (Wildman–Crippen LogP) is 6.83. The van der Waals surface area contributed by atoms with Gasteiger partial charge in [-0.3, -0.25) is 0 Å². The number of hydrogen-bond acceptors (Lipinski definition) is 3. The Kier molecular flexibility index (Phi) is 10.2. The van der Waals surface area contributed by atoms with E-state index in [2.05, 4.69) is 43.4 Å². The highest BCUT2D eigenvalue weighted by molar-refractivity contribution is 5.47. The molecule has 2 rings (SSSR count). The van der Waals surface area contributed by atoms with E-state index in [4.69, 9.17) is 9.47 Å². The smallest absolute Gasteiger partial charge is 0.119 e. The Hall–Kier alpha value is -2.16. The van der Waals surface area contributed by atoms with Crippen LogP contribution in [0.15, 0.2) is 48.5 Å². The molecule has 0 saturated carbocycles. The Bertz CT molecular complexity index is 607. The zero-order valence-corrected chi connectivity index (χ0v) is 17.0. The van der Waals surface area contributed by atoms with E-state index in [0.29, 0.717) is 0 Å². The molecule has 2 aromatic carbocycles. The second kappa shape index (κ2) is 13.1. The van der Waals surface area contributed by atoms with Crippen molar-refractivity contribution in [3.05, 3.63) is 54.1 Å². The Labute approximate surface area is 165 Å². The topological polar surface area (TPSA) is 30.5 Å². The summed E-state index contributed by atoms with van der Waals surface area (Å²) in [4.78, 5) is 0. The van der Waals surface area contributed by atoms with Gasteiger partial charge >= 0.3 is 0 Å². The number of rotatable bonds is 14. The van der Waals surface area contributed by atoms with Crippen LogP contribution >= 0.6 is 0 Å². The molecule has 0 atom stereocenters. The van der Waals surface area contributed by atoms with E-state index in [9.17, 15) is 0 Å². The van der Waals surface area contributed by atoms with Crippen molar-refractivity contribution >= 4 is 5.69 Å². The van der Waals surface area contributed by atoms with Crippen LogP contribution < -0.4 is 14.8 Å². The van der Waals surface area contributed by atoms with Crippen LogP contribution in [-0.4, -0.2) is 13.2 Å². The van der Waals surface area contributed by atoms with Gasteiger partial charge in [0.2, 0.25) is 0 Å². The number of unbranched alkanes of at least 4 members (excludes halogenated alkanes) is 5. The Morgan fingerprint density at radius 2 is 1.19 bits per heavy atom. The van der Waals surface area contributed by atoms with Gasteiger partial charge in [0, 0.05) is 12.2 Å². The van der Waals surface area contributed by atoms with Crippen molar-refractivity contribution in [2.45, 2.75) is 65.3 Å². The van der Waals surface area contributed by atoms with Gasteiger partial charge in [-0.05, 0) is 54.8 Å². The molecule has 0 aliphatic heterocycles. The lowest BCUT2D eigenvalue weighted by Gasteiger charge is -2.10. The van der Waals surface area contributed by atoms with Gasteiger partial charge in [-0.15, -0.1) is 0 Å². The molecule has 0 saturated heterocycles. The first-order valence-electron chi connectivity index (χ1n) is 10.5. The Morgan fingerprint density at radius 3 is 1.81 bits per heavy atom. The molecule has 0 aliphatic rings. The minimum atomic E-state index is 0.793. The molecule has 0 aromatic heterocycles. The average Bonchev–Trinajstić information content (AvgIpc) is 2.71. The molecule has 0 unspecified atom stereocenters. The fraction of sp³-hybridized carbons (Fsp3) is 0.500. The summed E-state index contributed by atoms with van der Waals surface area (Å²) in [7, 11) is 0. The molecule has 0 bridgehead atoms. The fourth-order valence-electron chi connectivity index (χ4n) is 2.81. The van der Waals surface area contributed by atoms with Crippen molar-refractivity contribution in [3.63, 3.8) is 0 Å². The molecule has 3 nitrogen and oxygen atoms in total. The number of ether oxygens (including phenoxy) is 2. The molecule has 0 heterocycles. The molecule has 0 spiro atoms. The van der Waals surface area contributed by atoms with E-state index in [1.165, 1.54) is 31.2 Å². The van der Waals surface area contributed by atoms with E-state index < -0.39 is 0 Å². The molecule has 148 valence electrons. The van der Waals surface area contributed by atoms with E-state index in [-0.39, 0.29) is 0 Å². The summed E-state index contributed by atoms with van der Waals surface area (Å²) in [5.74, 6) is 1.90. The van der Waals surface area contributed by atoms with Crippen LogP contribution in [0, 0.1) is 0 Å². The molecule has 0 fully saturated rings. The SMILES string of the molecule is CCCCCCCOc1ccc(NCc2ccc(OCCCC)cc2)cc1. The van der Waals surface area contributed by atoms with Gasteiger partial charge in [-0.1, -0.05) is 58.1 Å². The van der Waals surface area contributed by atoms with Crippen LogP contribution in [-0.2, 0) is 6.54 Å². The minimum absolute atomic E-state index is 0.793. The first-order valence-corrected chi connectivity index (χ1v) is 10.5. The monoisotopic (exact) mass is 369 g/mol. The van der Waals surface area contributed by atoms with Gasteiger partial charge in [-0.25, -0.2) is 0 Å². The minimum Gasteiger partial charge on any atom is -0.494 e. The van der Waals surface area contributed by atoms with Crippen molar-refractivity contribution in [3.8, 4) is 11.5 Å². The molecule has 2 aromatic rings. The number of benzene rings is 2. The number of anilines is 1. The fourth-order valence-corrected chi connectivity index (χ4v) is 2.81. The summed E-state index contributed by atoms with van der Waals surface area (Å²) in [6.45, 7) is 6.81. The third-order valence-corrected chi connectivity index (χ3v) is 4.56. The lowest BCUT2D eigenvalue weighted by molar-refractivity contribution is 0.304. The highest BCUT2D eigenvalue weighted by Gasteiger charge is 1.99. The third-order valence-electron chi connectivity index (χ3n) is 4.56. The molecular weight excluding hydrogens is 334 g/mol. The summed E-state index contributed by atoms with van der Waals surface area (Å²) < 4.78 is 11.5. The van der Waals surface area contributed by atoms with Crippen LogP contribution in [0.4, 0.5) is 5.69 Å². The van der Waals surface area contributed by atoms with Crippen LogP contribution in [0.2, 0.25) is 0 Å². The van der Waals surface area contributed by atoms with Crippen LogP contribution in [0.3, 0.4) is 0 Å². The Balaban J connectivity index is 1.67. The van der Waals surface area contributed by atoms with Gasteiger partial charge < -0.3 is 14.8 Å². The van der Waals surface area contributed by atoms with Crippen LogP contribution in [0.1, 0.15) is 64.4 Å². The normalized spacial score (nSPS) is 10.6. The summed E-state index contributed by atoms with van der Waals surface area (Å²) in [5, 5.41) is 3.45. The molecule has 1 N–H and O–H groups in total. The molecule has 27 heavy (non-hydrogen) atoms. The van der Waals surface area contributed by atoms with Gasteiger partial charge in [0.25, 0.3) is 0 Å². The highest BCUT2D eigenvalue weighted by Crippen LogP contribution is 2.18. The van der Waals surface area contributed by atoms with Crippen molar-refractivity contribution in [2.75, 3.05) is 18.5 Å². The van der Waals surface area contributed by atoms with Gasteiger partial charge in [0.1, 0.15) is 11.5 Å². The van der Waals surface area contributed by atoms with Gasteiger partial charge in [-0.2, -0.15) is 0 Å². The predicted molar refractivity (Wildman–Crippen MR) is 115 cm³/mol. The quantitative estimate of drug-likeness (QED) is 0.370. The molecule has 0 aliphatic carbocycles. The summed E-state index contributed by atoms with van der Waals surface area (Å²) >= 11 is 0. The summed E-state index contributed by atoms with van der Waals surface area (Å²) in [5.41, 5.74) is 2.35. The van der Waals surface area contributed by atoms with Crippen molar-refractivity contribution < 1.29 is 9.47 Å². The van der Waals surface area contributed by atoms with Gasteiger partial charge in [0.15, 0.2) is 0 Å². The maximum Gasteiger partial charge on any atom is 0.119 e. The van der Waals surface area contributed by atoms with E-state index in [0.717, 1.165) is 56.2 Å². The first-order chi connectivity index (χ1) is 13.3. The Morgan fingerprint density at radius 1 is 0.630 bits per heavy atom. The first kappa shape index (κ1) is 21.1. The maximum absolute atomic E-state index is 5.82. The number of nitrogens with one attached hydrogen (secondary N) is 1. The van der Waals surface area contributed by atoms with Crippen molar-refractivity contribution in [1.82, 2.24) is 0 Å². The average molecular weight is 370 g/mol. The third kappa shape index (κ3) is 8.85. The second-order valence-electron chi connectivity index (χ2n) is 6.99. The zero-order valence-electron chi connectivity index (χ0n) is 17.0. The number of hydrogen-bond donors (Lipinski definition) is 1. The highest BCUT2D eigenvalue weighted by atomic mass is 16.5. The standard InChI is InChI=1S/C24H35NO2/c1-3-5-7-8-9-19-27-24-16-12-22(13-17-24)25-20-21-10-14-23(15-11-21)26-18-6-4-2/h10-17,25H,3-9,18-20H2,1-2H3. The van der Waals surface area contributed by atoms with Crippen LogP contribution in [0.5, 0.6) is 11.5 Å². The molecule has 0 amide bonds. The van der Waals surface area contributed by atoms with E-state index in [1.54, 1.807) is 0 Å². The van der Waals surface area contributed by atoms with Crippen molar-refractivity contribution in [1.29, 1.82) is 0 Å². The summed E-state index contributed by atoms with van der Waals surface area (Å²) in [6, 6.07) is 16.6.